The van der Waals surface area contributed by atoms with Crippen molar-refractivity contribution in [1.82, 2.24) is 4.90 Å². The third kappa shape index (κ3) is 4.12. The summed E-state index contributed by atoms with van der Waals surface area (Å²) in [6.07, 6.45) is 0.864. The maximum Gasteiger partial charge on any atom is 0.234 e. The number of rotatable bonds is 6. The zero-order chi connectivity index (χ0) is 16.2. The van der Waals surface area contributed by atoms with Crippen LogP contribution in [0.2, 0.25) is 0 Å². The van der Waals surface area contributed by atoms with Crippen molar-refractivity contribution < 1.29 is 9.53 Å². The first-order valence-electron chi connectivity index (χ1n) is 7.61. The van der Waals surface area contributed by atoms with Crippen LogP contribution < -0.4 is 10.5 Å². The van der Waals surface area contributed by atoms with Crippen molar-refractivity contribution in [1.29, 1.82) is 0 Å². The third-order valence-corrected chi connectivity index (χ3v) is 4.56. The molecule has 0 bridgehead atoms. The van der Waals surface area contributed by atoms with Gasteiger partial charge in [-0.3, -0.25) is 9.69 Å². The minimum atomic E-state index is -0.231. The van der Waals surface area contributed by atoms with Crippen molar-refractivity contribution >= 4 is 21.8 Å². The van der Waals surface area contributed by atoms with E-state index >= 15 is 0 Å². The Morgan fingerprint density at radius 2 is 2.00 bits per heavy atom. The molecule has 1 unspecified atom stereocenters. The molecule has 0 radical (unpaired) electrons. The second kappa shape index (κ2) is 7.15. The fraction of sp³-hybridized carbons (Fsp3) is 0.278. The van der Waals surface area contributed by atoms with E-state index in [-0.39, 0.29) is 11.9 Å². The number of hydrogen-bond acceptors (Lipinski definition) is 3. The van der Waals surface area contributed by atoms with E-state index in [0.717, 1.165) is 40.9 Å². The predicted molar refractivity (Wildman–Crippen MR) is 92.9 cm³/mol. The fourth-order valence-electron chi connectivity index (χ4n) is 2.67. The molecule has 5 heteroatoms. The van der Waals surface area contributed by atoms with Crippen LogP contribution in [0.25, 0.3) is 0 Å². The van der Waals surface area contributed by atoms with E-state index < -0.39 is 0 Å². The molecule has 23 heavy (non-hydrogen) atoms. The zero-order valence-electron chi connectivity index (χ0n) is 12.7. The van der Waals surface area contributed by atoms with Gasteiger partial charge in [0.1, 0.15) is 12.4 Å². The van der Waals surface area contributed by atoms with Crippen LogP contribution in [0.4, 0.5) is 0 Å². The van der Waals surface area contributed by atoms with Gasteiger partial charge in [-0.25, -0.2) is 0 Å². The van der Waals surface area contributed by atoms with E-state index in [1.165, 1.54) is 0 Å². The van der Waals surface area contributed by atoms with Gasteiger partial charge in [-0.05, 0) is 41.8 Å². The lowest BCUT2D eigenvalue weighted by molar-refractivity contribution is -0.127. The summed E-state index contributed by atoms with van der Waals surface area (Å²) >= 11 is 3.45. The number of amides is 1. The van der Waals surface area contributed by atoms with Crippen molar-refractivity contribution in [3.05, 3.63) is 64.1 Å². The molecule has 1 aliphatic rings. The number of halogens is 1. The average Bonchev–Trinajstić information content (AvgIpc) is 2.50. The number of carbonyl (C=O) groups excluding carboxylic acids is 1. The van der Waals surface area contributed by atoms with Gasteiger partial charge in [0.05, 0.1) is 6.04 Å². The number of hydrogen-bond donors (Lipinski definition) is 1. The molecule has 1 fully saturated rings. The Bertz CT molecular complexity index is 688. The predicted octanol–water partition coefficient (Wildman–Crippen LogP) is 3.09. The summed E-state index contributed by atoms with van der Waals surface area (Å²) in [6, 6.07) is 16.0. The van der Waals surface area contributed by atoms with Gasteiger partial charge in [-0.1, -0.05) is 40.2 Å². The first kappa shape index (κ1) is 16.0. The molecule has 1 atom stereocenters. The van der Waals surface area contributed by atoms with Crippen LogP contribution in [0, 0.1) is 0 Å². The van der Waals surface area contributed by atoms with Crippen molar-refractivity contribution in [2.24, 2.45) is 5.73 Å². The van der Waals surface area contributed by atoms with Gasteiger partial charge in [0.15, 0.2) is 0 Å². The quantitative estimate of drug-likeness (QED) is 0.844. The molecule has 2 N–H and O–H groups in total. The van der Waals surface area contributed by atoms with Crippen molar-refractivity contribution in [3.63, 3.8) is 0 Å². The summed E-state index contributed by atoms with van der Waals surface area (Å²) in [6.45, 7) is 2.21. The lowest BCUT2D eigenvalue weighted by Gasteiger charge is -2.38. The average molecular weight is 375 g/mol. The number of ether oxygens (including phenoxy) is 1. The van der Waals surface area contributed by atoms with Gasteiger partial charge < -0.3 is 10.5 Å². The largest absolute Gasteiger partial charge is 0.489 e. The molecule has 0 spiro atoms. The Balaban J connectivity index is 1.54. The molecule has 1 heterocycles. The number of benzene rings is 2. The summed E-state index contributed by atoms with van der Waals surface area (Å²) in [7, 11) is 0. The Kier molecular flexibility index (Phi) is 4.98. The van der Waals surface area contributed by atoms with E-state index in [9.17, 15) is 4.79 Å². The van der Waals surface area contributed by atoms with E-state index in [0.29, 0.717) is 6.61 Å². The second-order valence-corrected chi connectivity index (χ2v) is 6.66. The number of nitrogens with zero attached hydrogens (tertiary/aromatic N) is 1. The fourth-order valence-corrected chi connectivity index (χ4v) is 3.12. The van der Waals surface area contributed by atoms with Gasteiger partial charge in [0, 0.05) is 17.6 Å². The minimum absolute atomic E-state index is 0.109. The normalized spacial score (nSPS) is 17.5. The third-order valence-electron chi connectivity index (χ3n) is 4.06. The van der Waals surface area contributed by atoms with Gasteiger partial charge >= 0.3 is 0 Å². The Labute approximate surface area is 144 Å². The molecule has 2 aromatic rings. The molecule has 1 aliphatic heterocycles. The summed E-state index contributed by atoms with van der Waals surface area (Å²) in [5, 5.41) is 0. The van der Waals surface area contributed by atoms with E-state index in [4.69, 9.17) is 10.5 Å². The molecular weight excluding hydrogens is 356 g/mol. The van der Waals surface area contributed by atoms with Crippen molar-refractivity contribution in [2.75, 3.05) is 6.54 Å². The Morgan fingerprint density at radius 3 is 2.61 bits per heavy atom. The van der Waals surface area contributed by atoms with Gasteiger partial charge in [0.25, 0.3) is 0 Å². The molecule has 2 aromatic carbocycles. The van der Waals surface area contributed by atoms with Crippen LogP contribution in [0.15, 0.2) is 53.0 Å². The topological polar surface area (TPSA) is 55.6 Å². The van der Waals surface area contributed by atoms with E-state index in [1.807, 2.05) is 48.5 Å². The number of nitrogens with two attached hydrogens (primary N) is 1. The monoisotopic (exact) mass is 374 g/mol. The molecule has 3 rings (SSSR count). The number of carbonyl (C=O) groups is 1. The van der Waals surface area contributed by atoms with Crippen molar-refractivity contribution in [2.45, 2.75) is 25.6 Å². The molecular formula is C18H19BrN2O2. The van der Waals surface area contributed by atoms with Crippen LogP contribution in [-0.2, 0) is 17.9 Å². The lowest BCUT2D eigenvalue weighted by Crippen LogP contribution is -2.54. The lowest BCUT2D eigenvalue weighted by atomic mass is 10.0. The standard InChI is InChI=1S/C18H19BrN2O2/c19-15-3-1-2-14(10-15)12-23-16-6-4-13(5-7-16)11-21-9-8-17(21)18(20)22/h1-7,10,17H,8-9,11-12H2,(H2,20,22). The summed E-state index contributed by atoms with van der Waals surface area (Å²) in [4.78, 5) is 13.3. The number of primary amides is 1. The summed E-state index contributed by atoms with van der Waals surface area (Å²) in [5.74, 6) is 0.606. The first-order valence-corrected chi connectivity index (χ1v) is 8.40. The molecule has 1 amide bonds. The van der Waals surface area contributed by atoms with E-state index in [1.54, 1.807) is 0 Å². The maximum atomic E-state index is 11.2. The van der Waals surface area contributed by atoms with Crippen LogP contribution in [0.5, 0.6) is 5.75 Å². The van der Waals surface area contributed by atoms with Gasteiger partial charge in [0.2, 0.25) is 5.91 Å². The molecule has 1 saturated heterocycles. The summed E-state index contributed by atoms with van der Waals surface area (Å²) in [5.41, 5.74) is 7.64. The SMILES string of the molecule is NC(=O)C1CCN1Cc1ccc(OCc2cccc(Br)c2)cc1. The van der Waals surface area contributed by atoms with Gasteiger partial charge in [-0.15, -0.1) is 0 Å². The second-order valence-electron chi connectivity index (χ2n) is 5.74. The highest BCUT2D eigenvalue weighted by molar-refractivity contribution is 9.10. The van der Waals surface area contributed by atoms with Crippen LogP contribution >= 0.6 is 15.9 Å². The van der Waals surface area contributed by atoms with Crippen molar-refractivity contribution in [3.8, 4) is 5.75 Å². The molecule has 0 aliphatic carbocycles. The molecule has 0 aromatic heterocycles. The Morgan fingerprint density at radius 1 is 1.22 bits per heavy atom. The van der Waals surface area contributed by atoms with Gasteiger partial charge in [-0.2, -0.15) is 0 Å². The molecule has 120 valence electrons. The Hall–Kier alpha value is -1.85. The maximum absolute atomic E-state index is 11.2. The highest BCUT2D eigenvalue weighted by Gasteiger charge is 2.32. The number of likely N-dealkylation sites (tertiary alicyclic amines) is 1. The van der Waals surface area contributed by atoms with Crippen LogP contribution in [0.1, 0.15) is 17.5 Å². The molecule has 0 saturated carbocycles. The van der Waals surface area contributed by atoms with E-state index in [2.05, 4.69) is 20.8 Å². The summed E-state index contributed by atoms with van der Waals surface area (Å²) < 4.78 is 6.85. The van der Waals surface area contributed by atoms with Crippen LogP contribution in [0.3, 0.4) is 0 Å². The zero-order valence-corrected chi connectivity index (χ0v) is 14.3. The smallest absolute Gasteiger partial charge is 0.234 e. The molecule has 4 nitrogen and oxygen atoms in total. The van der Waals surface area contributed by atoms with Crippen LogP contribution in [-0.4, -0.2) is 23.4 Å². The minimum Gasteiger partial charge on any atom is -0.489 e. The first-order chi connectivity index (χ1) is 11.1. The highest BCUT2D eigenvalue weighted by atomic mass is 79.9. The highest BCUT2D eigenvalue weighted by Crippen LogP contribution is 2.22.